The van der Waals surface area contributed by atoms with E-state index in [9.17, 15) is 4.79 Å². The Balaban J connectivity index is 1.50. The summed E-state index contributed by atoms with van der Waals surface area (Å²) in [5, 5.41) is 13.4. The van der Waals surface area contributed by atoms with Gasteiger partial charge in [-0.3, -0.25) is 9.36 Å². The predicted octanol–water partition coefficient (Wildman–Crippen LogP) is 3.52. The van der Waals surface area contributed by atoms with Gasteiger partial charge in [0.05, 0.1) is 17.7 Å². The van der Waals surface area contributed by atoms with Gasteiger partial charge in [-0.2, -0.15) is 5.10 Å². The Bertz CT molecular complexity index is 1150. The van der Waals surface area contributed by atoms with Crippen LogP contribution in [0.25, 0.3) is 17.1 Å². The Morgan fingerprint density at radius 3 is 2.47 bits per heavy atom. The normalized spacial score (nSPS) is 11.1. The maximum Gasteiger partial charge on any atom is 0.250 e. The molecule has 7 nitrogen and oxygen atoms in total. The summed E-state index contributed by atoms with van der Waals surface area (Å²) in [7, 11) is 1.92. The van der Waals surface area contributed by atoms with Crippen molar-refractivity contribution in [3.63, 3.8) is 0 Å². The number of rotatable bonds is 7. The summed E-state index contributed by atoms with van der Waals surface area (Å²) in [5.41, 5.74) is 5.35. The Labute approximate surface area is 178 Å². The topological polar surface area (TPSA) is 77.1 Å². The number of aryl methyl sites for hydroxylation is 1. The van der Waals surface area contributed by atoms with Crippen molar-refractivity contribution in [2.75, 3.05) is 5.75 Å². The van der Waals surface area contributed by atoms with Crippen LogP contribution in [0, 0.1) is 0 Å². The maximum atomic E-state index is 12.2. The molecule has 4 aromatic rings. The number of amides is 1. The fraction of sp³-hybridized carbons (Fsp3) is 0.0909. The Morgan fingerprint density at radius 1 is 1.03 bits per heavy atom. The molecule has 0 unspecified atom stereocenters. The van der Waals surface area contributed by atoms with Crippen molar-refractivity contribution in [2.45, 2.75) is 5.16 Å². The van der Waals surface area contributed by atoms with Gasteiger partial charge >= 0.3 is 0 Å². The SMILES string of the molecule is Cn1cccc1/C=N\NC(=O)CSc1nnc(-c2ccccc2)n1-c1ccccc1. The molecule has 8 heteroatoms. The van der Waals surface area contributed by atoms with E-state index in [1.165, 1.54) is 11.8 Å². The first-order valence-corrected chi connectivity index (χ1v) is 10.3. The van der Waals surface area contributed by atoms with Gasteiger partial charge in [0, 0.05) is 24.5 Å². The molecule has 1 N–H and O–H groups in total. The maximum absolute atomic E-state index is 12.2. The van der Waals surface area contributed by atoms with Crippen LogP contribution in [0.3, 0.4) is 0 Å². The molecule has 1 amide bonds. The van der Waals surface area contributed by atoms with Crippen LogP contribution in [0.1, 0.15) is 5.69 Å². The average molecular weight is 417 g/mol. The zero-order valence-electron chi connectivity index (χ0n) is 16.3. The lowest BCUT2D eigenvalue weighted by molar-refractivity contribution is -0.118. The third-order valence-electron chi connectivity index (χ3n) is 4.38. The highest BCUT2D eigenvalue weighted by Crippen LogP contribution is 2.27. The molecule has 0 spiro atoms. The number of hydrogen-bond donors (Lipinski definition) is 1. The van der Waals surface area contributed by atoms with Crippen LogP contribution >= 0.6 is 11.8 Å². The molecule has 150 valence electrons. The lowest BCUT2D eigenvalue weighted by atomic mass is 10.2. The molecule has 0 aliphatic rings. The first-order valence-electron chi connectivity index (χ1n) is 9.34. The van der Waals surface area contributed by atoms with Gasteiger partial charge in [0.15, 0.2) is 11.0 Å². The van der Waals surface area contributed by atoms with E-state index >= 15 is 0 Å². The predicted molar refractivity (Wildman–Crippen MR) is 119 cm³/mol. The van der Waals surface area contributed by atoms with E-state index in [4.69, 9.17) is 0 Å². The van der Waals surface area contributed by atoms with Crippen molar-refractivity contribution < 1.29 is 4.79 Å². The van der Waals surface area contributed by atoms with Crippen LogP contribution in [0.4, 0.5) is 0 Å². The van der Waals surface area contributed by atoms with Gasteiger partial charge in [0.2, 0.25) is 0 Å². The highest BCUT2D eigenvalue weighted by molar-refractivity contribution is 7.99. The molecule has 0 saturated heterocycles. The van der Waals surface area contributed by atoms with Crippen molar-refractivity contribution >= 4 is 23.9 Å². The minimum Gasteiger partial charge on any atom is -0.350 e. The molecule has 0 saturated carbocycles. The van der Waals surface area contributed by atoms with Crippen LogP contribution in [0.2, 0.25) is 0 Å². The number of hydrogen-bond acceptors (Lipinski definition) is 5. The molecule has 0 aliphatic carbocycles. The summed E-state index contributed by atoms with van der Waals surface area (Å²) in [6, 6.07) is 23.6. The van der Waals surface area contributed by atoms with E-state index in [0.717, 1.165) is 22.8 Å². The van der Waals surface area contributed by atoms with Gasteiger partial charge < -0.3 is 4.57 Å². The summed E-state index contributed by atoms with van der Waals surface area (Å²) in [4.78, 5) is 12.2. The number of benzene rings is 2. The van der Waals surface area contributed by atoms with E-state index in [0.29, 0.717) is 5.16 Å². The number of carbonyl (C=O) groups excluding carboxylic acids is 1. The minimum atomic E-state index is -0.214. The second kappa shape index (κ2) is 9.23. The molecule has 4 rings (SSSR count). The molecule has 0 aliphatic heterocycles. The molecule has 2 aromatic carbocycles. The van der Waals surface area contributed by atoms with Crippen molar-refractivity contribution in [3.05, 3.63) is 84.7 Å². The second-order valence-electron chi connectivity index (χ2n) is 6.47. The number of nitrogens with zero attached hydrogens (tertiary/aromatic N) is 5. The van der Waals surface area contributed by atoms with E-state index in [1.807, 2.05) is 95.2 Å². The van der Waals surface area contributed by atoms with E-state index in [2.05, 4.69) is 20.7 Å². The zero-order chi connectivity index (χ0) is 20.8. The fourth-order valence-electron chi connectivity index (χ4n) is 2.89. The zero-order valence-corrected chi connectivity index (χ0v) is 17.2. The summed E-state index contributed by atoms with van der Waals surface area (Å²) in [6.07, 6.45) is 3.53. The molecule has 0 atom stereocenters. The molecule has 0 fully saturated rings. The summed E-state index contributed by atoms with van der Waals surface area (Å²) in [5.74, 6) is 0.685. The quantitative estimate of drug-likeness (QED) is 0.284. The highest BCUT2D eigenvalue weighted by Gasteiger charge is 2.16. The molecular formula is C22H20N6OS. The lowest BCUT2D eigenvalue weighted by Gasteiger charge is -2.10. The third kappa shape index (κ3) is 4.49. The van der Waals surface area contributed by atoms with Crippen molar-refractivity contribution in [3.8, 4) is 17.1 Å². The summed E-state index contributed by atoms with van der Waals surface area (Å²) < 4.78 is 3.87. The van der Waals surface area contributed by atoms with Gasteiger partial charge in [-0.25, -0.2) is 5.43 Å². The number of thioether (sulfide) groups is 1. The standard InChI is InChI=1S/C22H20N6OS/c1-27-14-8-13-19(27)15-23-24-20(29)16-30-22-26-25-21(17-9-4-2-5-10-17)28(22)18-11-6-3-7-12-18/h2-15H,16H2,1H3,(H,24,29)/b23-15-. The van der Waals surface area contributed by atoms with Crippen LogP contribution in [-0.4, -0.2) is 37.2 Å². The Hall–Kier alpha value is -3.65. The van der Waals surface area contributed by atoms with Crippen LogP contribution in [-0.2, 0) is 11.8 Å². The molecule has 2 aromatic heterocycles. The van der Waals surface area contributed by atoms with Crippen LogP contribution < -0.4 is 5.43 Å². The summed E-state index contributed by atoms with van der Waals surface area (Å²) in [6.45, 7) is 0. The molecular weight excluding hydrogens is 396 g/mol. The average Bonchev–Trinajstić information content (AvgIpc) is 3.40. The third-order valence-corrected chi connectivity index (χ3v) is 5.31. The number of nitrogens with one attached hydrogen (secondary N) is 1. The van der Waals surface area contributed by atoms with Gasteiger partial charge in [-0.05, 0) is 24.3 Å². The number of para-hydroxylation sites is 1. The summed E-state index contributed by atoms with van der Waals surface area (Å²) >= 11 is 1.31. The molecule has 30 heavy (non-hydrogen) atoms. The largest absolute Gasteiger partial charge is 0.350 e. The van der Waals surface area contributed by atoms with Crippen LogP contribution in [0.15, 0.2) is 89.3 Å². The first kappa shape index (κ1) is 19.7. The van der Waals surface area contributed by atoms with Gasteiger partial charge in [-0.15, -0.1) is 10.2 Å². The molecule has 0 bridgehead atoms. The minimum absolute atomic E-state index is 0.171. The number of carbonyl (C=O) groups is 1. The van der Waals surface area contributed by atoms with Gasteiger partial charge in [-0.1, -0.05) is 60.3 Å². The number of aromatic nitrogens is 4. The smallest absolute Gasteiger partial charge is 0.250 e. The van der Waals surface area contributed by atoms with Crippen molar-refractivity contribution in [1.82, 2.24) is 24.8 Å². The van der Waals surface area contributed by atoms with Crippen LogP contribution in [0.5, 0.6) is 0 Å². The van der Waals surface area contributed by atoms with Gasteiger partial charge in [0.25, 0.3) is 5.91 Å². The molecule has 2 heterocycles. The Kier molecular flexibility index (Phi) is 6.05. The second-order valence-corrected chi connectivity index (χ2v) is 7.41. The van der Waals surface area contributed by atoms with Gasteiger partial charge in [0.1, 0.15) is 0 Å². The van der Waals surface area contributed by atoms with Crippen molar-refractivity contribution in [2.24, 2.45) is 12.1 Å². The van der Waals surface area contributed by atoms with E-state index < -0.39 is 0 Å². The first-order chi connectivity index (χ1) is 14.7. The van der Waals surface area contributed by atoms with E-state index in [1.54, 1.807) is 6.21 Å². The number of hydrazone groups is 1. The van der Waals surface area contributed by atoms with Crippen molar-refractivity contribution in [1.29, 1.82) is 0 Å². The Morgan fingerprint density at radius 2 is 1.77 bits per heavy atom. The van der Waals surface area contributed by atoms with E-state index in [-0.39, 0.29) is 11.7 Å². The molecule has 0 radical (unpaired) electrons. The fourth-order valence-corrected chi connectivity index (χ4v) is 3.63. The highest BCUT2D eigenvalue weighted by atomic mass is 32.2. The lowest BCUT2D eigenvalue weighted by Crippen LogP contribution is -2.20. The monoisotopic (exact) mass is 416 g/mol.